The molecule has 3 aliphatic rings. The van der Waals surface area contributed by atoms with Gasteiger partial charge in [0.15, 0.2) is 5.16 Å². The average Bonchev–Trinajstić information content (AvgIpc) is 3.25. The van der Waals surface area contributed by atoms with Crippen molar-refractivity contribution in [2.45, 2.75) is 43.8 Å². The van der Waals surface area contributed by atoms with Gasteiger partial charge in [-0.1, -0.05) is 61.4 Å². The molecule has 1 aliphatic carbocycles. The van der Waals surface area contributed by atoms with Crippen LogP contribution >= 0.6 is 11.8 Å². The fraction of sp³-hybridized carbons (Fsp3) is 0.625. The lowest BCUT2D eigenvalue weighted by atomic mass is 9.75. The molecule has 0 radical (unpaired) electrons. The third-order valence-electron chi connectivity index (χ3n) is 7.14. The lowest BCUT2D eigenvalue weighted by Gasteiger charge is -2.41. The summed E-state index contributed by atoms with van der Waals surface area (Å²) in [5.74, 6) is 3.08. The molecular weight excluding hydrogens is 422 g/mol. The molecule has 0 spiro atoms. The number of hydrogen-bond donors (Lipinski definition) is 0. The fourth-order valence-corrected chi connectivity index (χ4v) is 6.17. The van der Waals surface area contributed by atoms with E-state index >= 15 is 0 Å². The molecule has 2 aliphatic heterocycles. The number of hydrogen-bond acceptors (Lipinski definition) is 6. The van der Waals surface area contributed by atoms with Crippen LogP contribution in [-0.4, -0.2) is 70.7 Å². The zero-order valence-corrected chi connectivity index (χ0v) is 19.5. The Bertz CT molecular complexity index is 899. The van der Waals surface area contributed by atoms with E-state index in [0.29, 0.717) is 31.4 Å². The van der Waals surface area contributed by atoms with Crippen molar-refractivity contribution in [2.75, 3.05) is 50.0 Å². The molecule has 8 heteroatoms. The van der Waals surface area contributed by atoms with Gasteiger partial charge >= 0.3 is 0 Å². The highest BCUT2D eigenvalue weighted by molar-refractivity contribution is 7.99. The van der Waals surface area contributed by atoms with Crippen molar-refractivity contribution < 1.29 is 9.53 Å². The number of benzene rings is 1. The van der Waals surface area contributed by atoms with Crippen molar-refractivity contribution >= 4 is 23.6 Å². The van der Waals surface area contributed by atoms with Crippen LogP contribution in [0.15, 0.2) is 35.5 Å². The molecule has 32 heavy (non-hydrogen) atoms. The Labute approximate surface area is 194 Å². The molecule has 2 aromatic rings. The number of likely N-dealkylation sites (tertiary alicyclic amines) is 1. The average molecular weight is 456 g/mol. The van der Waals surface area contributed by atoms with E-state index < -0.39 is 0 Å². The predicted molar refractivity (Wildman–Crippen MR) is 126 cm³/mol. The van der Waals surface area contributed by atoms with Crippen LogP contribution in [0.4, 0.5) is 5.95 Å². The number of fused-ring (bicyclic) bond motifs is 1. The standard InChI is InChI=1S/C24H33N5O2S/c30-22(28-11-10-20-8-4-5-9-21(20)17-28)18-32-24-26-25-23(27-12-14-31-15-13-27)29(24)16-19-6-2-1-3-7-19/h1-3,6-7,20-21H,4-5,8-18H2/t20-,21-/m0/s1. The van der Waals surface area contributed by atoms with Gasteiger partial charge in [0, 0.05) is 26.2 Å². The van der Waals surface area contributed by atoms with Gasteiger partial charge in [-0.25, -0.2) is 0 Å². The van der Waals surface area contributed by atoms with E-state index in [1.807, 2.05) is 6.07 Å². The van der Waals surface area contributed by atoms with Gasteiger partial charge < -0.3 is 14.5 Å². The van der Waals surface area contributed by atoms with E-state index in [9.17, 15) is 4.79 Å². The van der Waals surface area contributed by atoms with Crippen molar-refractivity contribution in [3.05, 3.63) is 35.9 Å². The van der Waals surface area contributed by atoms with Crippen LogP contribution in [0.2, 0.25) is 0 Å². The number of anilines is 1. The summed E-state index contributed by atoms with van der Waals surface area (Å²) < 4.78 is 7.67. The van der Waals surface area contributed by atoms with Gasteiger partial charge in [-0.15, -0.1) is 10.2 Å². The summed E-state index contributed by atoms with van der Waals surface area (Å²) in [7, 11) is 0. The second-order valence-electron chi connectivity index (χ2n) is 9.18. The van der Waals surface area contributed by atoms with Gasteiger partial charge in [0.1, 0.15) is 0 Å². The Morgan fingerprint density at radius 2 is 1.78 bits per heavy atom. The Hall–Kier alpha value is -2.06. The van der Waals surface area contributed by atoms with Crippen molar-refractivity contribution in [1.82, 2.24) is 19.7 Å². The maximum atomic E-state index is 13.0. The molecule has 5 rings (SSSR count). The third-order valence-corrected chi connectivity index (χ3v) is 8.09. The molecule has 3 fully saturated rings. The Morgan fingerprint density at radius 3 is 2.59 bits per heavy atom. The molecule has 172 valence electrons. The Kier molecular flexibility index (Phi) is 6.97. The molecular formula is C24H33N5O2S. The summed E-state index contributed by atoms with van der Waals surface area (Å²) in [6.07, 6.45) is 6.51. The summed E-state index contributed by atoms with van der Waals surface area (Å²) in [6, 6.07) is 10.4. The van der Waals surface area contributed by atoms with E-state index in [1.54, 1.807) is 0 Å². The quantitative estimate of drug-likeness (QED) is 0.623. The van der Waals surface area contributed by atoms with Gasteiger partial charge in [-0.05, 0) is 30.2 Å². The molecule has 1 amide bonds. The fourth-order valence-electron chi connectivity index (χ4n) is 5.33. The number of amides is 1. The minimum absolute atomic E-state index is 0.237. The smallest absolute Gasteiger partial charge is 0.233 e. The highest BCUT2D eigenvalue weighted by atomic mass is 32.2. The van der Waals surface area contributed by atoms with E-state index in [-0.39, 0.29) is 5.91 Å². The first-order valence-corrected chi connectivity index (χ1v) is 13.0. The molecule has 0 bridgehead atoms. The van der Waals surface area contributed by atoms with Gasteiger partial charge in [0.25, 0.3) is 0 Å². The predicted octanol–water partition coefficient (Wildman–Crippen LogP) is 3.29. The molecule has 1 saturated carbocycles. The number of rotatable bonds is 6. The van der Waals surface area contributed by atoms with E-state index in [2.05, 4.69) is 48.8 Å². The lowest BCUT2D eigenvalue weighted by Crippen LogP contribution is -2.45. The second kappa shape index (κ2) is 10.3. The molecule has 0 unspecified atom stereocenters. The van der Waals surface area contributed by atoms with E-state index in [4.69, 9.17) is 4.74 Å². The van der Waals surface area contributed by atoms with Crippen LogP contribution in [0.25, 0.3) is 0 Å². The highest BCUT2D eigenvalue weighted by Crippen LogP contribution is 2.36. The van der Waals surface area contributed by atoms with Gasteiger partial charge in [-0.3, -0.25) is 9.36 Å². The number of ether oxygens (including phenoxy) is 1. The first kappa shape index (κ1) is 21.8. The van der Waals surface area contributed by atoms with Crippen molar-refractivity contribution in [3.8, 4) is 0 Å². The topological polar surface area (TPSA) is 63.5 Å². The van der Waals surface area contributed by atoms with Crippen LogP contribution in [0, 0.1) is 11.8 Å². The molecule has 2 atom stereocenters. The van der Waals surface area contributed by atoms with Crippen molar-refractivity contribution in [2.24, 2.45) is 11.8 Å². The largest absolute Gasteiger partial charge is 0.378 e. The maximum Gasteiger partial charge on any atom is 0.233 e. The first-order chi connectivity index (χ1) is 15.8. The minimum atomic E-state index is 0.237. The third kappa shape index (κ3) is 4.96. The number of carbonyl (C=O) groups is 1. The van der Waals surface area contributed by atoms with E-state index in [0.717, 1.165) is 43.2 Å². The Balaban J connectivity index is 1.27. The Morgan fingerprint density at radius 1 is 1.00 bits per heavy atom. The zero-order chi connectivity index (χ0) is 21.8. The molecule has 0 N–H and O–H groups in total. The summed E-state index contributed by atoms with van der Waals surface area (Å²) >= 11 is 1.52. The molecule has 1 aromatic heterocycles. The molecule has 7 nitrogen and oxygen atoms in total. The highest BCUT2D eigenvalue weighted by Gasteiger charge is 2.33. The number of aromatic nitrogens is 3. The SMILES string of the molecule is O=C(CSc1nnc(N2CCOCC2)n1Cc1ccccc1)N1CC[C@@H]2CCCC[C@H]2C1. The second-order valence-corrected chi connectivity index (χ2v) is 10.1. The number of morpholine rings is 1. The zero-order valence-electron chi connectivity index (χ0n) is 18.7. The number of carbonyl (C=O) groups excluding carboxylic acids is 1. The van der Waals surface area contributed by atoms with Crippen molar-refractivity contribution in [3.63, 3.8) is 0 Å². The summed E-state index contributed by atoms with van der Waals surface area (Å²) in [5.41, 5.74) is 1.20. The van der Waals surface area contributed by atoms with Crippen LogP contribution in [0.3, 0.4) is 0 Å². The summed E-state index contributed by atoms with van der Waals surface area (Å²) in [5, 5.41) is 9.83. The number of piperidine rings is 1. The van der Waals surface area contributed by atoms with Gasteiger partial charge in [0.2, 0.25) is 11.9 Å². The lowest BCUT2D eigenvalue weighted by molar-refractivity contribution is -0.131. The molecule has 2 saturated heterocycles. The minimum Gasteiger partial charge on any atom is -0.378 e. The van der Waals surface area contributed by atoms with Crippen LogP contribution in [-0.2, 0) is 16.1 Å². The maximum absolute atomic E-state index is 13.0. The van der Waals surface area contributed by atoms with Crippen LogP contribution in [0.1, 0.15) is 37.7 Å². The van der Waals surface area contributed by atoms with E-state index in [1.165, 1.54) is 49.4 Å². The normalized spacial score (nSPS) is 23.8. The molecule has 3 heterocycles. The van der Waals surface area contributed by atoms with Crippen LogP contribution in [0.5, 0.6) is 0 Å². The van der Waals surface area contributed by atoms with Gasteiger partial charge in [-0.2, -0.15) is 0 Å². The number of nitrogens with zero attached hydrogens (tertiary/aromatic N) is 5. The monoisotopic (exact) mass is 455 g/mol. The number of thioether (sulfide) groups is 1. The summed E-state index contributed by atoms with van der Waals surface area (Å²) in [4.78, 5) is 17.4. The molecule has 1 aromatic carbocycles. The summed E-state index contributed by atoms with van der Waals surface area (Å²) in [6.45, 7) is 5.59. The van der Waals surface area contributed by atoms with Gasteiger partial charge in [0.05, 0.1) is 25.5 Å². The first-order valence-electron chi connectivity index (χ1n) is 12.0. The van der Waals surface area contributed by atoms with Crippen molar-refractivity contribution in [1.29, 1.82) is 0 Å². The van der Waals surface area contributed by atoms with Crippen LogP contribution < -0.4 is 4.90 Å².